The summed E-state index contributed by atoms with van der Waals surface area (Å²) in [6.45, 7) is 0. The predicted octanol–water partition coefficient (Wildman–Crippen LogP) is 4.36. The van der Waals surface area contributed by atoms with Crippen LogP contribution in [0.25, 0.3) is 10.2 Å². The van der Waals surface area contributed by atoms with Gasteiger partial charge in [0.15, 0.2) is 4.34 Å². The van der Waals surface area contributed by atoms with Crippen LogP contribution < -0.4 is 4.72 Å². The van der Waals surface area contributed by atoms with Crippen molar-refractivity contribution in [2.45, 2.75) is 14.1 Å². The summed E-state index contributed by atoms with van der Waals surface area (Å²) >= 11 is 2.64. The zero-order valence-electron chi connectivity index (χ0n) is 15.5. The first kappa shape index (κ1) is 21.0. The van der Waals surface area contributed by atoms with Crippen LogP contribution in [0.4, 0.5) is 5.69 Å². The number of aromatic carboxylic acids is 1. The van der Waals surface area contributed by atoms with Gasteiger partial charge in [-0.15, -0.1) is 11.3 Å². The Morgan fingerprint density at radius 1 is 1.00 bits per heavy atom. The van der Waals surface area contributed by atoms with E-state index in [1.807, 2.05) is 24.3 Å². The highest BCUT2D eigenvalue weighted by Crippen LogP contribution is 2.39. The SMILES string of the molecule is O=C(O)c1cc(S(=O)(=O)Nc2ccc(O)c(Sc3nc4ccccc4s3)c2)ccc1O. The lowest BCUT2D eigenvalue weighted by Crippen LogP contribution is -2.13. The van der Waals surface area contributed by atoms with Gasteiger partial charge in [-0.25, -0.2) is 18.2 Å². The summed E-state index contributed by atoms with van der Waals surface area (Å²) in [4.78, 5) is 15.7. The van der Waals surface area contributed by atoms with Crippen LogP contribution in [0.2, 0.25) is 0 Å². The van der Waals surface area contributed by atoms with Crippen LogP contribution in [0.15, 0.2) is 74.8 Å². The summed E-state index contributed by atoms with van der Waals surface area (Å²) in [6, 6.07) is 14.8. The fourth-order valence-corrected chi connectivity index (χ4v) is 5.88. The van der Waals surface area contributed by atoms with Crippen LogP contribution in [0.1, 0.15) is 10.4 Å². The van der Waals surface area contributed by atoms with E-state index < -0.39 is 27.3 Å². The van der Waals surface area contributed by atoms with Gasteiger partial charge in [0.1, 0.15) is 17.1 Å². The molecule has 1 heterocycles. The molecule has 0 amide bonds. The molecule has 0 saturated heterocycles. The second kappa shape index (κ2) is 8.10. The Balaban J connectivity index is 1.62. The van der Waals surface area contributed by atoms with E-state index in [-0.39, 0.29) is 16.3 Å². The Morgan fingerprint density at radius 3 is 2.48 bits per heavy atom. The molecule has 158 valence electrons. The quantitative estimate of drug-likeness (QED) is 0.303. The molecule has 11 heteroatoms. The van der Waals surface area contributed by atoms with Crippen molar-refractivity contribution in [3.8, 4) is 11.5 Å². The maximum Gasteiger partial charge on any atom is 0.339 e. The number of carbonyl (C=O) groups is 1. The van der Waals surface area contributed by atoms with Crippen molar-refractivity contribution >= 4 is 55.0 Å². The first-order chi connectivity index (χ1) is 14.7. The van der Waals surface area contributed by atoms with Crippen LogP contribution >= 0.6 is 23.1 Å². The number of nitrogens with one attached hydrogen (secondary N) is 1. The number of nitrogens with zero attached hydrogens (tertiary/aromatic N) is 1. The number of hydrogen-bond donors (Lipinski definition) is 4. The highest BCUT2D eigenvalue weighted by atomic mass is 32.2. The van der Waals surface area contributed by atoms with Crippen LogP contribution in [0, 0.1) is 0 Å². The summed E-state index contributed by atoms with van der Waals surface area (Å²) in [5.74, 6) is -2.02. The van der Waals surface area contributed by atoms with Crippen molar-refractivity contribution in [1.29, 1.82) is 0 Å². The van der Waals surface area contributed by atoms with Crippen LogP contribution in [-0.4, -0.2) is 34.7 Å². The summed E-state index contributed by atoms with van der Waals surface area (Å²) in [6.07, 6.45) is 0. The molecule has 0 aliphatic rings. The monoisotopic (exact) mass is 474 g/mol. The standard InChI is InChI=1S/C20H14N2O6S3/c23-15-8-6-12(10-13(15)19(25)26)31(27,28)22-11-5-7-16(24)18(9-11)30-20-21-14-3-1-2-4-17(14)29-20/h1-10,22-24H,(H,25,26). The smallest absolute Gasteiger partial charge is 0.339 e. The minimum Gasteiger partial charge on any atom is -0.507 e. The van der Waals surface area contributed by atoms with E-state index in [1.165, 1.54) is 41.3 Å². The van der Waals surface area contributed by atoms with Gasteiger partial charge in [0.2, 0.25) is 0 Å². The van der Waals surface area contributed by atoms with Gasteiger partial charge in [0.05, 0.1) is 25.7 Å². The van der Waals surface area contributed by atoms with E-state index in [4.69, 9.17) is 5.11 Å². The number of aromatic nitrogens is 1. The van der Waals surface area contributed by atoms with Crippen molar-refractivity contribution in [3.05, 3.63) is 66.2 Å². The van der Waals surface area contributed by atoms with E-state index in [0.717, 1.165) is 28.4 Å². The topological polar surface area (TPSA) is 137 Å². The van der Waals surface area contributed by atoms with Crippen molar-refractivity contribution < 1.29 is 28.5 Å². The number of hydrogen-bond acceptors (Lipinski definition) is 8. The van der Waals surface area contributed by atoms with Crippen molar-refractivity contribution in [2.24, 2.45) is 0 Å². The fourth-order valence-electron chi connectivity index (χ4n) is 2.72. The number of sulfonamides is 1. The summed E-state index contributed by atoms with van der Waals surface area (Å²) in [7, 11) is -4.14. The fraction of sp³-hybridized carbons (Fsp3) is 0. The molecule has 4 N–H and O–H groups in total. The average Bonchev–Trinajstić information content (AvgIpc) is 3.12. The lowest BCUT2D eigenvalue weighted by molar-refractivity contribution is 0.0693. The number of carboxylic acids is 1. The van der Waals surface area contributed by atoms with E-state index in [9.17, 15) is 23.4 Å². The third-order valence-corrected chi connectivity index (χ3v) is 7.72. The number of aromatic hydroxyl groups is 2. The van der Waals surface area contributed by atoms with E-state index in [1.54, 1.807) is 0 Å². The van der Waals surface area contributed by atoms with Gasteiger partial charge < -0.3 is 15.3 Å². The van der Waals surface area contributed by atoms with E-state index in [2.05, 4.69) is 9.71 Å². The number of benzene rings is 3. The van der Waals surface area contributed by atoms with E-state index in [0.29, 0.717) is 9.24 Å². The molecule has 0 atom stereocenters. The second-order valence-corrected chi connectivity index (χ2v) is 10.3. The third-order valence-electron chi connectivity index (χ3n) is 4.19. The van der Waals surface area contributed by atoms with Gasteiger partial charge in [-0.1, -0.05) is 23.9 Å². The Hall–Kier alpha value is -3.28. The molecule has 4 rings (SSSR count). The number of thiazole rings is 1. The molecule has 0 spiro atoms. The number of carboxylic acid groups (broad SMARTS) is 1. The lowest BCUT2D eigenvalue weighted by atomic mass is 10.2. The Labute approximate surface area is 184 Å². The van der Waals surface area contributed by atoms with Crippen LogP contribution in [0.3, 0.4) is 0 Å². The van der Waals surface area contributed by atoms with Crippen molar-refractivity contribution in [1.82, 2.24) is 4.98 Å². The molecule has 0 radical (unpaired) electrons. The number of phenols is 2. The molecule has 0 unspecified atom stereocenters. The number of anilines is 1. The Bertz CT molecular complexity index is 1380. The lowest BCUT2D eigenvalue weighted by Gasteiger charge is -2.11. The molecule has 0 saturated carbocycles. The Morgan fingerprint density at radius 2 is 1.74 bits per heavy atom. The average molecular weight is 475 g/mol. The molecule has 0 bridgehead atoms. The largest absolute Gasteiger partial charge is 0.507 e. The third kappa shape index (κ3) is 4.43. The molecular weight excluding hydrogens is 460 g/mol. The molecule has 0 aliphatic heterocycles. The van der Waals surface area contributed by atoms with Crippen LogP contribution in [0.5, 0.6) is 11.5 Å². The molecule has 4 aromatic rings. The summed E-state index contributed by atoms with van der Waals surface area (Å²) in [5.41, 5.74) is 0.472. The molecule has 3 aromatic carbocycles. The van der Waals surface area contributed by atoms with Gasteiger partial charge in [0.25, 0.3) is 10.0 Å². The number of phenolic OH excluding ortho intramolecular Hbond substituents is 1. The molecule has 0 fully saturated rings. The predicted molar refractivity (Wildman–Crippen MR) is 118 cm³/mol. The maximum atomic E-state index is 12.7. The molecule has 31 heavy (non-hydrogen) atoms. The van der Waals surface area contributed by atoms with Crippen molar-refractivity contribution in [2.75, 3.05) is 4.72 Å². The van der Waals surface area contributed by atoms with Gasteiger partial charge in [-0.05, 0) is 48.5 Å². The zero-order valence-corrected chi connectivity index (χ0v) is 18.0. The number of rotatable bonds is 6. The second-order valence-electron chi connectivity index (χ2n) is 6.32. The highest BCUT2D eigenvalue weighted by Gasteiger charge is 2.20. The van der Waals surface area contributed by atoms with Gasteiger partial charge in [-0.3, -0.25) is 4.72 Å². The molecule has 1 aromatic heterocycles. The molecule has 0 aliphatic carbocycles. The molecule has 8 nitrogen and oxygen atoms in total. The molecular formula is C20H14N2O6S3. The minimum atomic E-state index is -4.14. The first-order valence-corrected chi connectivity index (χ1v) is 11.8. The van der Waals surface area contributed by atoms with Crippen molar-refractivity contribution in [3.63, 3.8) is 0 Å². The van der Waals surface area contributed by atoms with Gasteiger partial charge in [0, 0.05) is 0 Å². The van der Waals surface area contributed by atoms with Gasteiger partial charge in [-0.2, -0.15) is 0 Å². The highest BCUT2D eigenvalue weighted by molar-refractivity contribution is 8.01. The maximum absolute atomic E-state index is 12.7. The van der Waals surface area contributed by atoms with E-state index >= 15 is 0 Å². The number of para-hydroxylation sites is 1. The van der Waals surface area contributed by atoms with Crippen LogP contribution in [-0.2, 0) is 10.0 Å². The summed E-state index contributed by atoms with van der Waals surface area (Å²) in [5, 5.41) is 28.9. The van der Waals surface area contributed by atoms with Gasteiger partial charge >= 0.3 is 5.97 Å². The summed E-state index contributed by atoms with van der Waals surface area (Å²) < 4.78 is 29.4. The minimum absolute atomic E-state index is 0.0370. The number of fused-ring (bicyclic) bond motifs is 1. The normalized spacial score (nSPS) is 11.5. The first-order valence-electron chi connectivity index (χ1n) is 8.68. The Kier molecular flexibility index (Phi) is 5.48. The zero-order chi connectivity index (χ0) is 22.2.